The van der Waals surface area contributed by atoms with Gasteiger partial charge in [0.15, 0.2) is 0 Å². The van der Waals surface area contributed by atoms with Crippen LogP contribution in [0.5, 0.6) is 0 Å². The molecule has 0 amide bonds. The molecule has 0 aromatic rings. The molecule has 1 fully saturated rings. The maximum absolute atomic E-state index is 3.13. The van der Waals surface area contributed by atoms with Gasteiger partial charge in [0.25, 0.3) is 0 Å². The van der Waals surface area contributed by atoms with Crippen molar-refractivity contribution in [3.8, 4) is 0 Å². The molecule has 4 radical (unpaired) electrons. The lowest BCUT2D eigenvalue weighted by molar-refractivity contribution is 0.811. The summed E-state index contributed by atoms with van der Waals surface area (Å²) in [5, 5.41) is 0. The van der Waals surface area contributed by atoms with Crippen LogP contribution >= 0.6 is 0 Å². The first-order valence-corrected chi connectivity index (χ1v) is 2.37. The van der Waals surface area contributed by atoms with Gasteiger partial charge in [-0.05, 0) is 38.5 Å². The second-order valence-electron chi connectivity index (χ2n) is 1.47. The summed E-state index contributed by atoms with van der Waals surface area (Å²) in [5.41, 5.74) is 0. The van der Waals surface area contributed by atoms with E-state index in [2.05, 4.69) is 19.3 Å². The van der Waals surface area contributed by atoms with Crippen LogP contribution in [-0.4, -0.2) is 0 Å². The highest BCUT2D eigenvalue weighted by molar-refractivity contribution is 4.94. The van der Waals surface area contributed by atoms with Crippen LogP contribution in [0, 0.1) is 19.3 Å². The standard InChI is InChI=1S/C6H8/c1-2-4-6-5-3-1/h1,4H,2-3,5H2. The summed E-state index contributed by atoms with van der Waals surface area (Å²) >= 11 is 0. The zero-order chi connectivity index (χ0) is 4.24. The van der Waals surface area contributed by atoms with Crippen LogP contribution in [0.4, 0.5) is 0 Å². The Balaban J connectivity index is 2.00. The van der Waals surface area contributed by atoms with E-state index in [1.165, 1.54) is 6.42 Å². The Hall–Kier alpha value is 0. The van der Waals surface area contributed by atoms with Crippen LogP contribution < -0.4 is 0 Å². The highest BCUT2D eigenvalue weighted by atomic mass is 14.0. The lowest BCUT2D eigenvalue weighted by atomic mass is 10.0. The maximum atomic E-state index is 3.13. The van der Waals surface area contributed by atoms with Crippen molar-refractivity contribution in [2.75, 3.05) is 0 Å². The molecule has 0 saturated heterocycles. The second kappa shape index (κ2) is 2.22. The van der Waals surface area contributed by atoms with Gasteiger partial charge in [-0.3, -0.25) is 0 Å². The van der Waals surface area contributed by atoms with E-state index in [4.69, 9.17) is 0 Å². The number of hydrogen-bond donors (Lipinski definition) is 0. The fourth-order valence-electron chi connectivity index (χ4n) is 0.572. The van der Waals surface area contributed by atoms with Crippen LogP contribution in [-0.2, 0) is 0 Å². The average Bonchev–Trinajstić information content (AvgIpc) is 1.72. The molecule has 1 aliphatic rings. The van der Waals surface area contributed by atoms with E-state index >= 15 is 0 Å². The van der Waals surface area contributed by atoms with Crippen molar-refractivity contribution in [3.63, 3.8) is 0 Å². The van der Waals surface area contributed by atoms with Gasteiger partial charge in [0.2, 0.25) is 0 Å². The van der Waals surface area contributed by atoms with Crippen molar-refractivity contribution in [2.45, 2.75) is 19.3 Å². The molecule has 0 heterocycles. The third kappa shape index (κ3) is 1.00. The van der Waals surface area contributed by atoms with Gasteiger partial charge in [-0.2, -0.15) is 0 Å². The van der Waals surface area contributed by atoms with Crippen LogP contribution in [0.2, 0.25) is 0 Å². The highest BCUT2D eigenvalue weighted by Crippen LogP contribution is 2.12. The summed E-state index contributed by atoms with van der Waals surface area (Å²) in [6.45, 7) is 0. The molecule has 0 bridgehead atoms. The summed E-state index contributed by atoms with van der Waals surface area (Å²) in [6.07, 6.45) is 11.0. The molecule has 1 saturated carbocycles. The Kier molecular flexibility index (Phi) is 1.54. The van der Waals surface area contributed by atoms with Crippen molar-refractivity contribution >= 4 is 0 Å². The van der Waals surface area contributed by atoms with Gasteiger partial charge in [0.05, 0.1) is 0 Å². The van der Waals surface area contributed by atoms with Crippen LogP contribution in [0.1, 0.15) is 19.3 Å². The lowest BCUT2D eigenvalue weighted by Crippen LogP contribution is -1.89. The molecule has 6 heavy (non-hydrogen) atoms. The normalized spacial score (nSPS) is 24.0. The van der Waals surface area contributed by atoms with Crippen LogP contribution in [0.15, 0.2) is 0 Å². The fraction of sp³-hybridized carbons (Fsp3) is 0.500. The molecule has 0 nitrogen and oxygen atoms in total. The van der Waals surface area contributed by atoms with E-state index in [0.29, 0.717) is 0 Å². The third-order valence-corrected chi connectivity index (χ3v) is 0.922. The first-order valence-electron chi connectivity index (χ1n) is 2.37. The van der Waals surface area contributed by atoms with Crippen LogP contribution in [0.25, 0.3) is 0 Å². The SMILES string of the molecule is [C]1[CH]C[CH]CC1. The summed E-state index contributed by atoms with van der Waals surface area (Å²) < 4.78 is 0. The topological polar surface area (TPSA) is 0 Å². The van der Waals surface area contributed by atoms with Gasteiger partial charge < -0.3 is 0 Å². The number of rotatable bonds is 0. The molecule has 0 spiro atoms. The van der Waals surface area contributed by atoms with E-state index in [-0.39, 0.29) is 0 Å². The quantitative estimate of drug-likeness (QED) is 0.415. The molecule has 0 N–H and O–H groups in total. The number of hydrogen-bond acceptors (Lipinski definition) is 0. The summed E-state index contributed by atoms with van der Waals surface area (Å²) in [7, 11) is 0. The third-order valence-electron chi connectivity index (χ3n) is 0.922. The minimum atomic E-state index is 1.14. The maximum Gasteiger partial charge on any atom is -0.0136 e. The summed E-state index contributed by atoms with van der Waals surface area (Å²) in [5.74, 6) is 0. The Bertz CT molecular complexity index is 15.5. The predicted molar refractivity (Wildman–Crippen MR) is 25.7 cm³/mol. The molecule has 1 aliphatic carbocycles. The van der Waals surface area contributed by atoms with E-state index in [9.17, 15) is 0 Å². The van der Waals surface area contributed by atoms with Gasteiger partial charge in [-0.15, -0.1) is 0 Å². The van der Waals surface area contributed by atoms with E-state index in [1.54, 1.807) is 0 Å². The van der Waals surface area contributed by atoms with Gasteiger partial charge in [-0.1, -0.05) is 0 Å². The molecule has 32 valence electrons. The Morgan fingerprint density at radius 1 is 1.50 bits per heavy atom. The summed E-state index contributed by atoms with van der Waals surface area (Å²) in [6, 6.07) is 0. The van der Waals surface area contributed by atoms with Gasteiger partial charge >= 0.3 is 0 Å². The summed E-state index contributed by atoms with van der Waals surface area (Å²) in [4.78, 5) is 0. The zero-order valence-electron chi connectivity index (χ0n) is 3.78. The Morgan fingerprint density at radius 2 is 2.50 bits per heavy atom. The van der Waals surface area contributed by atoms with Crippen LogP contribution in [0.3, 0.4) is 0 Å². The first kappa shape index (κ1) is 4.17. The zero-order valence-corrected chi connectivity index (χ0v) is 3.78. The molecule has 0 aromatic heterocycles. The second-order valence-corrected chi connectivity index (χ2v) is 1.47. The molecule has 0 atom stereocenters. The Morgan fingerprint density at radius 3 is 2.67 bits per heavy atom. The molecular formula is C6H8. The van der Waals surface area contributed by atoms with Gasteiger partial charge in [0.1, 0.15) is 0 Å². The molecule has 0 heteroatoms. The van der Waals surface area contributed by atoms with Gasteiger partial charge in [-0.25, -0.2) is 0 Å². The monoisotopic (exact) mass is 80.1 g/mol. The minimum absolute atomic E-state index is 1.14. The van der Waals surface area contributed by atoms with Crippen molar-refractivity contribution in [1.82, 2.24) is 0 Å². The Labute approximate surface area is 39.6 Å². The molecule has 1 rings (SSSR count). The largest absolute Gasteiger partial charge is 0.0496 e. The van der Waals surface area contributed by atoms with Gasteiger partial charge in [0, 0.05) is 0 Å². The first-order chi connectivity index (χ1) is 3.00. The molecule has 0 aromatic carbocycles. The predicted octanol–water partition coefficient (Wildman–Crippen LogP) is 1.66. The van der Waals surface area contributed by atoms with Crippen molar-refractivity contribution < 1.29 is 0 Å². The van der Waals surface area contributed by atoms with E-state index < -0.39 is 0 Å². The van der Waals surface area contributed by atoms with E-state index in [0.717, 1.165) is 12.8 Å². The highest BCUT2D eigenvalue weighted by Gasteiger charge is 1.97. The lowest BCUT2D eigenvalue weighted by Gasteiger charge is -2.04. The molecular weight excluding hydrogens is 72.1 g/mol. The molecule has 0 aliphatic heterocycles. The fourth-order valence-corrected chi connectivity index (χ4v) is 0.572. The average molecular weight is 80.1 g/mol. The van der Waals surface area contributed by atoms with Crippen molar-refractivity contribution in [2.24, 2.45) is 0 Å². The smallest absolute Gasteiger partial charge is 0.0136 e. The van der Waals surface area contributed by atoms with Crippen molar-refractivity contribution in [3.05, 3.63) is 19.3 Å². The van der Waals surface area contributed by atoms with E-state index in [1.807, 2.05) is 0 Å². The van der Waals surface area contributed by atoms with Crippen molar-refractivity contribution in [1.29, 1.82) is 0 Å². The minimum Gasteiger partial charge on any atom is -0.0496 e. The molecule has 0 unspecified atom stereocenters.